The third kappa shape index (κ3) is 2.81. The monoisotopic (exact) mass is 329 g/mol. The highest BCUT2D eigenvalue weighted by Crippen LogP contribution is 2.31. The summed E-state index contributed by atoms with van der Waals surface area (Å²) in [5.41, 5.74) is 6.11. The molecule has 9 heteroatoms. The lowest BCUT2D eigenvalue weighted by Gasteiger charge is -2.07. The molecule has 100 valence electrons. The first-order valence-corrected chi connectivity index (χ1v) is 5.93. The molecule has 0 saturated carbocycles. The average Bonchev–Trinajstić information content (AvgIpc) is 2.75. The topological polar surface area (TPSA) is 110 Å². The maximum absolute atomic E-state index is 13.3. The van der Waals surface area contributed by atoms with E-state index in [4.69, 9.17) is 5.73 Å². The molecular weight excluding hydrogens is 321 g/mol. The minimum absolute atomic E-state index is 0.140. The Morgan fingerprint density at radius 3 is 2.89 bits per heavy atom. The van der Waals surface area contributed by atoms with Crippen molar-refractivity contribution in [1.29, 1.82) is 0 Å². The van der Waals surface area contributed by atoms with Crippen molar-refractivity contribution in [2.24, 2.45) is 0 Å². The average molecular weight is 330 g/mol. The number of nitro groups is 1. The Labute approximate surface area is 115 Å². The van der Waals surface area contributed by atoms with Gasteiger partial charge in [-0.05, 0) is 22.0 Å². The summed E-state index contributed by atoms with van der Waals surface area (Å²) in [5.74, 6) is -0.323. The molecule has 2 aromatic rings. The van der Waals surface area contributed by atoms with Crippen molar-refractivity contribution in [2.45, 2.75) is 6.54 Å². The molecule has 1 aromatic heterocycles. The Hall–Kier alpha value is -2.16. The lowest BCUT2D eigenvalue weighted by atomic mass is 10.2. The summed E-state index contributed by atoms with van der Waals surface area (Å²) in [6, 6.07) is 2.16. The van der Waals surface area contributed by atoms with Gasteiger partial charge in [-0.25, -0.2) is 4.39 Å². The standard InChI is InChI=1S/C10H9BrFN5O2/c11-6-1-8(9(17(18)19)2-7(6)12)14-3-5-4-15-16-10(5)13/h1-2,4,14H,3H2,(H3,13,15,16). The second kappa shape index (κ2) is 5.22. The fourth-order valence-electron chi connectivity index (χ4n) is 1.48. The number of nitrogens with two attached hydrogens (primary N) is 1. The zero-order valence-electron chi connectivity index (χ0n) is 9.48. The number of nitrogen functional groups attached to an aromatic ring is 1. The van der Waals surface area contributed by atoms with Crippen LogP contribution in [0, 0.1) is 15.9 Å². The maximum atomic E-state index is 13.3. The summed E-state index contributed by atoms with van der Waals surface area (Å²) in [4.78, 5) is 10.2. The molecule has 1 heterocycles. The van der Waals surface area contributed by atoms with E-state index in [1.807, 2.05) is 0 Å². The minimum Gasteiger partial charge on any atom is -0.384 e. The van der Waals surface area contributed by atoms with Crippen LogP contribution in [0.3, 0.4) is 0 Å². The number of rotatable bonds is 4. The van der Waals surface area contributed by atoms with Crippen molar-refractivity contribution in [3.8, 4) is 0 Å². The Kier molecular flexibility index (Phi) is 3.65. The van der Waals surface area contributed by atoms with Crippen LogP contribution in [0.2, 0.25) is 0 Å². The molecule has 0 atom stereocenters. The second-order valence-corrected chi connectivity index (χ2v) is 4.56. The number of hydrogen-bond donors (Lipinski definition) is 3. The van der Waals surface area contributed by atoms with Crippen LogP contribution in [0.4, 0.5) is 21.6 Å². The summed E-state index contributed by atoms with van der Waals surface area (Å²) in [7, 11) is 0. The van der Waals surface area contributed by atoms with Crippen LogP contribution < -0.4 is 11.1 Å². The first-order valence-electron chi connectivity index (χ1n) is 5.14. The van der Waals surface area contributed by atoms with Gasteiger partial charge in [-0.2, -0.15) is 5.10 Å². The van der Waals surface area contributed by atoms with Gasteiger partial charge in [0.2, 0.25) is 0 Å². The van der Waals surface area contributed by atoms with Crippen LogP contribution in [0.5, 0.6) is 0 Å². The number of halogens is 2. The molecule has 1 aromatic carbocycles. The van der Waals surface area contributed by atoms with Gasteiger partial charge in [-0.15, -0.1) is 0 Å². The zero-order valence-corrected chi connectivity index (χ0v) is 11.1. The van der Waals surface area contributed by atoms with E-state index in [1.54, 1.807) is 0 Å². The minimum atomic E-state index is -0.694. The van der Waals surface area contributed by atoms with E-state index < -0.39 is 10.7 Å². The van der Waals surface area contributed by atoms with E-state index in [9.17, 15) is 14.5 Å². The van der Waals surface area contributed by atoms with E-state index in [0.717, 1.165) is 6.07 Å². The number of aromatic nitrogens is 2. The first kappa shape index (κ1) is 13.3. The number of H-pyrrole nitrogens is 1. The Morgan fingerprint density at radius 2 is 2.32 bits per heavy atom. The third-order valence-electron chi connectivity index (χ3n) is 2.46. The quantitative estimate of drug-likeness (QED) is 0.589. The van der Waals surface area contributed by atoms with E-state index >= 15 is 0 Å². The van der Waals surface area contributed by atoms with E-state index in [1.165, 1.54) is 12.3 Å². The van der Waals surface area contributed by atoms with Crippen molar-refractivity contribution in [3.63, 3.8) is 0 Å². The molecule has 7 nitrogen and oxygen atoms in total. The molecule has 4 N–H and O–H groups in total. The highest BCUT2D eigenvalue weighted by Gasteiger charge is 2.17. The molecule has 0 saturated heterocycles. The summed E-state index contributed by atoms with van der Waals surface area (Å²) < 4.78 is 13.4. The number of benzene rings is 1. The number of nitrogens with zero attached hydrogens (tertiary/aromatic N) is 2. The molecule has 0 aliphatic carbocycles. The number of aromatic amines is 1. The van der Waals surface area contributed by atoms with E-state index in [-0.39, 0.29) is 22.4 Å². The van der Waals surface area contributed by atoms with Crippen molar-refractivity contribution in [2.75, 3.05) is 11.1 Å². The number of nitrogens with one attached hydrogen (secondary N) is 2. The lowest BCUT2D eigenvalue weighted by Crippen LogP contribution is -2.04. The van der Waals surface area contributed by atoms with Crippen molar-refractivity contribution < 1.29 is 9.31 Å². The first-order chi connectivity index (χ1) is 8.99. The van der Waals surface area contributed by atoms with E-state index in [0.29, 0.717) is 11.4 Å². The smallest absolute Gasteiger partial charge is 0.295 e. The molecule has 19 heavy (non-hydrogen) atoms. The highest BCUT2D eigenvalue weighted by atomic mass is 79.9. The van der Waals surface area contributed by atoms with Gasteiger partial charge in [0.15, 0.2) is 0 Å². The van der Waals surface area contributed by atoms with Gasteiger partial charge < -0.3 is 11.1 Å². The van der Waals surface area contributed by atoms with E-state index in [2.05, 4.69) is 31.4 Å². The Morgan fingerprint density at radius 1 is 1.58 bits per heavy atom. The van der Waals surface area contributed by atoms with Crippen LogP contribution in [-0.4, -0.2) is 15.1 Å². The normalized spacial score (nSPS) is 10.4. The molecule has 0 spiro atoms. The molecule has 0 fully saturated rings. The molecule has 2 rings (SSSR count). The predicted molar refractivity (Wildman–Crippen MR) is 71.1 cm³/mol. The Balaban J connectivity index is 2.26. The van der Waals surface area contributed by atoms with Crippen LogP contribution >= 0.6 is 15.9 Å². The molecule has 0 aliphatic rings. The van der Waals surface area contributed by atoms with Gasteiger partial charge in [0.25, 0.3) is 5.69 Å². The molecular formula is C10H9BrFN5O2. The van der Waals surface area contributed by atoms with Crippen LogP contribution in [0.25, 0.3) is 0 Å². The summed E-state index contributed by atoms with van der Waals surface area (Å²) in [6.45, 7) is 0.237. The maximum Gasteiger partial charge on any atom is 0.295 e. The SMILES string of the molecule is Nc1[nH]ncc1CNc1cc(Br)c(F)cc1[N+](=O)[O-]. The number of hydrogen-bond acceptors (Lipinski definition) is 5. The second-order valence-electron chi connectivity index (χ2n) is 3.70. The van der Waals surface area contributed by atoms with Gasteiger partial charge in [0.05, 0.1) is 21.7 Å². The van der Waals surface area contributed by atoms with Crippen molar-refractivity contribution in [1.82, 2.24) is 10.2 Å². The predicted octanol–water partition coefficient (Wildman–Crippen LogP) is 2.41. The van der Waals surface area contributed by atoms with Crippen molar-refractivity contribution in [3.05, 3.63) is 44.3 Å². The van der Waals surface area contributed by atoms with Gasteiger partial charge in [-0.1, -0.05) is 0 Å². The Bertz CT molecular complexity index is 630. The zero-order chi connectivity index (χ0) is 14.0. The highest BCUT2D eigenvalue weighted by molar-refractivity contribution is 9.10. The molecule has 0 bridgehead atoms. The van der Waals surface area contributed by atoms with Gasteiger partial charge in [0.1, 0.15) is 17.3 Å². The summed E-state index contributed by atoms with van der Waals surface area (Å²) in [6.07, 6.45) is 1.51. The lowest BCUT2D eigenvalue weighted by molar-refractivity contribution is -0.384. The molecule has 0 amide bonds. The third-order valence-corrected chi connectivity index (χ3v) is 3.06. The summed E-state index contributed by atoms with van der Waals surface area (Å²) >= 11 is 2.98. The molecule has 0 aliphatic heterocycles. The fraction of sp³-hybridized carbons (Fsp3) is 0.100. The fourth-order valence-corrected chi connectivity index (χ4v) is 1.82. The van der Waals surface area contributed by atoms with Crippen LogP contribution in [0.1, 0.15) is 5.56 Å². The largest absolute Gasteiger partial charge is 0.384 e. The van der Waals surface area contributed by atoms with Crippen LogP contribution in [0.15, 0.2) is 22.8 Å². The molecule has 0 unspecified atom stereocenters. The molecule has 0 radical (unpaired) electrons. The summed E-state index contributed by atoms with van der Waals surface area (Å²) in [5, 5.41) is 20.0. The number of nitro benzene ring substituents is 1. The van der Waals surface area contributed by atoms with Gasteiger partial charge in [0, 0.05) is 12.1 Å². The van der Waals surface area contributed by atoms with Crippen molar-refractivity contribution >= 4 is 33.1 Å². The number of anilines is 2. The van der Waals surface area contributed by atoms with Crippen LogP contribution in [-0.2, 0) is 6.54 Å². The van der Waals surface area contributed by atoms with Gasteiger partial charge in [-0.3, -0.25) is 15.2 Å². The van der Waals surface area contributed by atoms with Gasteiger partial charge >= 0.3 is 0 Å².